The van der Waals surface area contributed by atoms with E-state index in [-0.39, 0.29) is 40.8 Å². The molecule has 28 heavy (non-hydrogen) atoms. The molecule has 1 amide bonds. The molecule has 0 atom stereocenters. The number of thiazole rings is 1. The lowest BCUT2D eigenvalue weighted by molar-refractivity contribution is -0.117. The minimum Gasteiger partial charge on any atom is -0.462 e. The predicted octanol–water partition coefficient (Wildman–Crippen LogP) is 2.77. The van der Waals surface area contributed by atoms with Gasteiger partial charge in [0.15, 0.2) is 4.34 Å². The molecule has 0 radical (unpaired) electrons. The van der Waals surface area contributed by atoms with Gasteiger partial charge < -0.3 is 20.9 Å². The van der Waals surface area contributed by atoms with E-state index >= 15 is 0 Å². The zero-order valence-corrected chi connectivity index (χ0v) is 18.1. The molecule has 0 saturated heterocycles. The standard InChI is InChI=1S/C17H21N3O5S3/c1-4-24-15(22)12-9(13(28-14(12)19)16(23)25-5-2)7-26-17-20-8(3)10(27-17)6-11(18)21/h4-7,19H2,1-3H3,(H2,18,21). The summed E-state index contributed by atoms with van der Waals surface area (Å²) in [5, 5.41) is 0.210. The first-order valence-electron chi connectivity index (χ1n) is 8.41. The van der Waals surface area contributed by atoms with Crippen LogP contribution in [0.25, 0.3) is 0 Å². The van der Waals surface area contributed by atoms with E-state index in [0.29, 0.717) is 9.90 Å². The number of amides is 1. The highest BCUT2D eigenvalue weighted by Gasteiger charge is 2.28. The molecular weight excluding hydrogens is 422 g/mol. The molecule has 0 saturated carbocycles. The summed E-state index contributed by atoms with van der Waals surface area (Å²) in [6.45, 7) is 5.60. The van der Waals surface area contributed by atoms with E-state index in [0.717, 1.165) is 21.9 Å². The third kappa shape index (κ3) is 5.24. The maximum atomic E-state index is 12.3. The number of aromatic nitrogens is 1. The van der Waals surface area contributed by atoms with E-state index < -0.39 is 17.8 Å². The molecule has 0 unspecified atom stereocenters. The fraction of sp³-hybridized carbons (Fsp3) is 0.412. The van der Waals surface area contributed by atoms with Gasteiger partial charge in [-0.1, -0.05) is 11.8 Å². The van der Waals surface area contributed by atoms with Crippen LogP contribution in [0.4, 0.5) is 5.00 Å². The summed E-state index contributed by atoms with van der Waals surface area (Å²) in [6.07, 6.45) is 0.123. The molecule has 2 aromatic rings. The number of nitrogens with two attached hydrogens (primary N) is 2. The molecular formula is C17H21N3O5S3. The summed E-state index contributed by atoms with van der Waals surface area (Å²) >= 11 is 3.70. The normalized spacial score (nSPS) is 10.7. The molecule has 152 valence electrons. The number of carbonyl (C=O) groups is 3. The maximum absolute atomic E-state index is 12.3. The van der Waals surface area contributed by atoms with Crippen molar-refractivity contribution in [2.75, 3.05) is 18.9 Å². The first-order chi connectivity index (χ1) is 13.3. The summed E-state index contributed by atoms with van der Waals surface area (Å²) in [5.41, 5.74) is 12.6. The van der Waals surface area contributed by atoms with Gasteiger partial charge in [-0.15, -0.1) is 22.7 Å². The first-order valence-corrected chi connectivity index (χ1v) is 11.0. The Kier molecular flexibility index (Phi) is 7.84. The molecule has 2 aromatic heterocycles. The van der Waals surface area contributed by atoms with Crippen LogP contribution in [-0.2, 0) is 26.4 Å². The van der Waals surface area contributed by atoms with E-state index in [1.165, 1.54) is 23.1 Å². The number of rotatable bonds is 9. The number of nitrogen functional groups attached to an aromatic ring is 1. The third-order valence-electron chi connectivity index (χ3n) is 3.52. The number of esters is 2. The lowest BCUT2D eigenvalue weighted by Gasteiger charge is -2.06. The van der Waals surface area contributed by atoms with E-state index in [1.54, 1.807) is 20.8 Å². The van der Waals surface area contributed by atoms with Gasteiger partial charge in [0.2, 0.25) is 5.91 Å². The Balaban J connectivity index is 2.33. The molecule has 0 aliphatic heterocycles. The molecule has 0 aromatic carbocycles. The Morgan fingerprint density at radius 2 is 1.75 bits per heavy atom. The van der Waals surface area contributed by atoms with Crippen molar-refractivity contribution in [2.45, 2.75) is 37.3 Å². The Hall–Kier alpha value is -2.11. The first kappa shape index (κ1) is 22.2. The Bertz CT molecular complexity index is 891. The Morgan fingerprint density at radius 3 is 2.36 bits per heavy atom. The van der Waals surface area contributed by atoms with Crippen LogP contribution < -0.4 is 11.5 Å². The topological polar surface area (TPSA) is 135 Å². The van der Waals surface area contributed by atoms with E-state index in [4.69, 9.17) is 20.9 Å². The van der Waals surface area contributed by atoms with Crippen LogP contribution in [0.1, 0.15) is 50.0 Å². The van der Waals surface area contributed by atoms with Crippen molar-refractivity contribution in [1.82, 2.24) is 4.98 Å². The lowest BCUT2D eigenvalue weighted by atomic mass is 10.1. The highest BCUT2D eigenvalue weighted by atomic mass is 32.2. The number of nitrogens with zero attached hydrogens (tertiary/aromatic N) is 1. The number of carbonyl (C=O) groups excluding carboxylic acids is 3. The van der Waals surface area contributed by atoms with E-state index in [9.17, 15) is 14.4 Å². The van der Waals surface area contributed by atoms with Crippen LogP contribution in [0.3, 0.4) is 0 Å². The molecule has 2 heterocycles. The van der Waals surface area contributed by atoms with Gasteiger partial charge >= 0.3 is 11.9 Å². The molecule has 0 spiro atoms. The number of anilines is 1. The summed E-state index contributed by atoms with van der Waals surface area (Å²) in [4.78, 5) is 41.3. The van der Waals surface area contributed by atoms with Gasteiger partial charge in [-0.05, 0) is 20.8 Å². The number of hydrogen-bond acceptors (Lipinski definition) is 10. The average Bonchev–Trinajstić information content (AvgIpc) is 3.12. The van der Waals surface area contributed by atoms with Gasteiger partial charge in [0.1, 0.15) is 9.88 Å². The highest BCUT2D eigenvalue weighted by molar-refractivity contribution is 8.00. The number of thioether (sulfide) groups is 1. The van der Waals surface area contributed by atoms with Crippen molar-refractivity contribution in [3.8, 4) is 0 Å². The summed E-state index contributed by atoms with van der Waals surface area (Å²) < 4.78 is 10.9. The number of aryl methyl sites for hydroxylation is 1. The quantitative estimate of drug-likeness (QED) is 0.446. The van der Waals surface area contributed by atoms with Gasteiger partial charge in [-0.2, -0.15) is 0 Å². The average molecular weight is 444 g/mol. The number of ether oxygens (including phenoxy) is 2. The number of primary amides is 1. The molecule has 0 aliphatic rings. The van der Waals surface area contributed by atoms with Crippen molar-refractivity contribution in [2.24, 2.45) is 5.73 Å². The van der Waals surface area contributed by atoms with Crippen molar-refractivity contribution in [1.29, 1.82) is 0 Å². The summed E-state index contributed by atoms with van der Waals surface area (Å²) in [7, 11) is 0. The minimum absolute atomic E-state index is 0.123. The van der Waals surface area contributed by atoms with Crippen LogP contribution in [0.2, 0.25) is 0 Å². The monoisotopic (exact) mass is 443 g/mol. The molecule has 8 nitrogen and oxygen atoms in total. The SMILES string of the molecule is CCOC(=O)c1sc(N)c(C(=O)OCC)c1CSc1nc(C)c(CC(N)=O)s1. The van der Waals surface area contributed by atoms with Crippen LogP contribution in [0, 0.1) is 6.92 Å². The molecule has 11 heteroatoms. The van der Waals surface area contributed by atoms with Crippen LogP contribution in [-0.4, -0.2) is 36.0 Å². The maximum Gasteiger partial charge on any atom is 0.348 e. The Morgan fingerprint density at radius 1 is 1.11 bits per heavy atom. The van der Waals surface area contributed by atoms with Gasteiger partial charge in [0.05, 0.1) is 30.9 Å². The highest BCUT2D eigenvalue weighted by Crippen LogP contribution is 2.38. The second kappa shape index (κ2) is 9.89. The van der Waals surface area contributed by atoms with Crippen LogP contribution in [0.5, 0.6) is 0 Å². The summed E-state index contributed by atoms with van der Waals surface area (Å²) in [5.74, 6) is -1.26. The predicted molar refractivity (Wildman–Crippen MR) is 110 cm³/mol. The molecule has 4 N–H and O–H groups in total. The van der Waals surface area contributed by atoms with Crippen molar-refractivity contribution < 1.29 is 23.9 Å². The fourth-order valence-electron chi connectivity index (χ4n) is 2.33. The van der Waals surface area contributed by atoms with E-state index in [1.807, 2.05) is 0 Å². The molecule has 0 aliphatic carbocycles. The van der Waals surface area contributed by atoms with Gasteiger partial charge in [-0.3, -0.25) is 4.79 Å². The second-order valence-electron chi connectivity index (χ2n) is 5.51. The van der Waals surface area contributed by atoms with Crippen molar-refractivity contribution >= 4 is 57.3 Å². The number of thiophene rings is 1. The van der Waals surface area contributed by atoms with Crippen LogP contribution in [0.15, 0.2) is 4.34 Å². The number of hydrogen-bond donors (Lipinski definition) is 2. The van der Waals surface area contributed by atoms with Crippen molar-refractivity contribution in [3.05, 3.63) is 26.6 Å². The smallest absolute Gasteiger partial charge is 0.348 e. The largest absolute Gasteiger partial charge is 0.462 e. The zero-order chi connectivity index (χ0) is 20.8. The van der Waals surface area contributed by atoms with Gasteiger partial charge in [-0.25, -0.2) is 14.6 Å². The molecule has 0 fully saturated rings. The van der Waals surface area contributed by atoms with Crippen molar-refractivity contribution in [3.63, 3.8) is 0 Å². The van der Waals surface area contributed by atoms with Gasteiger partial charge in [0, 0.05) is 16.2 Å². The lowest BCUT2D eigenvalue weighted by Crippen LogP contribution is -2.13. The van der Waals surface area contributed by atoms with Crippen LogP contribution >= 0.6 is 34.4 Å². The molecule has 0 bridgehead atoms. The van der Waals surface area contributed by atoms with E-state index in [2.05, 4.69) is 4.98 Å². The molecule has 2 rings (SSSR count). The second-order valence-corrected chi connectivity index (χ2v) is 8.87. The zero-order valence-electron chi connectivity index (χ0n) is 15.7. The van der Waals surface area contributed by atoms with Gasteiger partial charge in [0.25, 0.3) is 0 Å². The fourth-order valence-corrected chi connectivity index (χ4v) is 5.66. The third-order valence-corrected chi connectivity index (χ3v) is 6.89. The minimum atomic E-state index is -0.577. The Labute approximate surface area is 174 Å². The summed E-state index contributed by atoms with van der Waals surface area (Å²) in [6, 6.07) is 0.